The molecule has 2 N–H and O–H groups in total. The topological polar surface area (TPSA) is 90.8 Å². The van der Waals surface area contributed by atoms with Gasteiger partial charge in [-0.3, -0.25) is 4.90 Å². The van der Waals surface area contributed by atoms with Gasteiger partial charge in [0.05, 0.1) is 25.1 Å². The highest BCUT2D eigenvalue weighted by molar-refractivity contribution is 7.19. The zero-order valence-electron chi connectivity index (χ0n) is 16.5. The van der Waals surface area contributed by atoms with E-state index in [0.29, 0.717) is 25.2 Å². The molecule has 5 rings (SSSR count). The van der Waals surface area contributed by atoms with Crippen LogP contribution in [0.1, 0.15) is 36.1 Å². The van der Waals surface area contributed by atoms with Crippen LogP contribution in [0.3, 0.4) is 0 Å². The third-order valence-corrected chi connectivity index (χ3v) is 7.70. The summed E-state index contributed by atoms with van der Waals surface area (Å²) in [4.78, 5) is 26.7. The van der Waals surface area contributed by atoms with Crippen molar-refractivity contribution in [1.82, 2.24) is 19.8 Å². The summed E-state index contributed by atoms with van der Waals surface area (Å²) in [5.41, 5.74) is 1.09. The van der Waals surface area contributed by atoms with Crippen LogP contribution in [-0.4, -0.2) is 75.9 Å². The lowest BCUT2D eigenvalue weighted by molar-refractivity contribution is 0.00791. The van der Waals surface area contributed by atoms with Gasteiger partial charge in [0.1, 0.15) is 17.0 Å². The molecule has 1 saturated carbocycles. The average molecular weight is 418 g/mol. The van der Waals surface area contributed by atoms with E-state index < -0.39 is 6.09 Å². The molecule has 0 unspecified atom stereocenters. The first-order valence-electron chi connectivity index (χ1n) is 10.5. The second-order valence-electron chi connectivity index (χ2n) is 8.16. The molecule has 8 nitrogen and oxygen atoms in total. The van der Waals surface area contributed by atoms with Crippen molar-refractivity contribution in [2.45, 2.75) is 50.7 Å². The lowest BCUT2D eigenvalue weighted by atomic mass is 9.90. The molecule has 0 bridgehead atoms. The molecular formula is C20H27N5O3S. The lowest BCUT2D eigenvalue weighted by Crippen LogP contribution is -2.46. The van der Waals surface area contributed by atoms with Crippen molar-refractivity contribution < 1.29 is 14.6 Å². The highest BCUT2D eigenvalue weighted by Crippen LogP contribution is 2.38. The van der Waals surface area contributed by atoms with Gasteiger partial charge in [0.2, 0.25) is 0 Å². The number of rotatable bonds is 3. The molecule has 3 aliphatic rings. The molecule has 2 fully saturated rings. The summed E-state index contributed by atoms with van der Waals surface area (Å²) in [7, 11) is 0. The summed E-state index contributed by atoms with van der Waals surface area (Å²) >= 11 is 1.68. The number of anilines is 1. The second-order valence-corrected chi connectivity index (χ2v) is 9.24. The Bertz CT molecular complexity index is 890. The Balaban J connectivity index is 1.31. The van der Waals surface area contributed by atoms with Crippen molar-refractivity contribution in [3.63, 3.8) is 0 Å². The number of nitrogens with one attached hydrogen (secondary N) is 1. The van der Waals surface area contributed by atoms with Gasteiger partial charge in [-0.1, -0.05) is 0 Å². The summed E-state index contributed by atoms with van der Waals surface area (Å²) in [6.07, 6.45) is 6.17. The van der Waals surface area contributed by atoms with Gasteiger partial charge in [0, 0.05) is 36.6 Å². The Hall–Kier alpha value is -1.97. The second kappa shape index (κ2) is 8.04. The monoisotopic (exact) mass is 417 g/mol. The molecular weight excluding hydrogens is 390 g/mol. The van der Waals surface area contributed by atoms with E-state index in [2.05, 4.69) is 20.2 Å². The van der Waals surface area contributed by atoms with Crippen molar-refractivity contribution >= 4 is 33.5 Å². The minimum atomic E-state index is -0.859. The van der Waals surface area contributed by atoms with Gasteiger partial charge in [0.15, 0.2) is 0 Å². The van der Waals surface area contributed by atoms with Crippen molar-refractivity contribution in [2.75, 3.05) is 38.2 Å². The first-order chi connectivity index (χ1) is 14.2. The van der Waals surface area contributed by atoms with Crippen LogP contribution in [0.5, 0.6) is 0 Å². The Labute approximate surface area is 173 Å². The fraction of sp³-hybridized carbons (Fsp3) is 0.650. The van der Waals surface area contributed by atoms with E-state index in [0.717, 1.165) is 67.2 Å². The number of thiophene rings is 1. The largest absolute Gasteiger partial charge is 0.465 e. The standard InChI is InChI=1S/C20H27N5O3S/c26-20(27)25-6-5-16-15(11-25)17-18(21-12-22-19(17)29-16)23-13-1-3-14(4-2-13)24-7-9-28-10-8-24/h12-14H,1-11H2,(H,26,27)(H,21,22,23). The highest BCUT2D eigenvalue weighted by atomic mass is 32.1. The number of hydrogen-bond acceptors (Lipinski definition) is 7. The number of carbonyl (C=O) groups is 1. The Morgan fingerprint density at radius 3 is 2.72 bits per heavy atom. The molecule has 4 heterocycles. The number of ether oxygens (including phenoxy) is 1. The predicted molar refractivity (Wildman–Crippen MR) is 112 cm³/mol. The molecule has 1 amide bonds. The fourth-order valence-electron chi connectivity index (χ4n) is 4.91. The third-order valence-electron chi connectivity index (χ3n) is 6.50. The predicted octanol–water partition coefficient (Wildman–Crippen LogP) is 2.78. The number of morpholine rings is 1. The van der Waals surface area contributed by atoms with Crippen LogP contribution in [0, 0.1) is 0 Å². The van der Waals surface area contributed by atoms with Gasteiger partial charge in [0.25, 0.3) is 0 Å². The fourth-order valence-corrected chi connectivity index (χ4v) is 6.04. The molecule has 1 saturated heterocycles. The summed E-state index contributed by atoms with van der Waals surface area (Å²) in [5, 5.41) is 14.1. The van der Waals surface area contributed by atoms with E-state index in [9.17, 15) is 9.90 Å². The van der Waals surface area contributed by atoms with Crippen molar-refractivity contribution in [3.05, 3.63) is 16.8 Å². The molecule has 2 aromatic heterocycles. The summed E-state index contributed by atoms with van der Waals surface area (Å²) in [6.45, 7) is 4.79. The summed E-state index contributed by atoms with van der Waals surface area (Å²) in [5.74, 6) is 0.870. The molecule has 1 aliphatic carbocycles. The number of aromatic nitrogens is 2. The maximum absolute atomic E-state index is 11.5. The molecule has 156 valence electrons. The number of nitrogens with zero attached hydrogens (tertiary/aromatic N) is 4. The van der Waals surface area contributed by atoms with Crippen molar-refractivity contribution in [1.29, 1.82) is 0 Å². The van der Waals surface area contributed by atoms with E-state index in [1.54, 1.807) is 17.7 Å². The van der Waals surface area contributed by atoms with Crippen LogP contribution in [0.25, 0.3) is 10.2 Å². The lowest BCUT2D eigenvalue weighted by Gasteiger charge is -2.39. The first kappa shape index (κ1) is 19.0. The Morgan fingerprint density at radius 2 is 1.97 bits per heavy atom. The van der Waals surface area contributed by atoms with Crippen LogP contribution in [0.15, 0.2) is 6.33 Å². The van der Waals surface area contributed by atoms with Crippen molar-refractivity contribution in [2.24, 2.45) is 0 Å². The maximum Gasteiger partial charge on any atom is 0.407 e. The minimum absolute atomic E-state index is 0.403. The van der Waals surface area contributed by atoms with Crippen LogP contribution < -0.4 is 5.32 Å². The zero-order chi connectivity index (χ0) is 19.8. The van der Waals surface area contributed by atoms with Gasteiger partial charge in [-0.05, 0) is 37.7 Å². The quantitative estimate of drug-likeness (QED) is 0.793. The molecule has 0 atom stereocenters. The Morgan fingerprint density at radius 1 is 1.17 bits per heavy atom. The molecule has 0 spiro atoms. The SMILES string of the molecule is O=C(O)N1CCc2sc3ncnc(NC4CCC(N5CCOCC5)CC4)c3c2C1. The molecule has 2 aliphatic heterocycles. The van der Waals surface area contributed by atoms with Gasteiger partial charge >= 0.3 is 6.09 Å². The summed E-state index contributed by atoms with van der Waals surface area (Å²) in [6, 6.07) is 1.07. The van der Waals surface area contributed by atoms with Gasteiger partial charge < -0.3 is 20.1 Å². The van der Waals surface area contributed by atoms with Crippen LogP contribution in [0.4, 0.5) is 10.6 Å². The normalized spacial score (nSPS) is 25.7. The van der Waals surface area contributed by atoms with E-state index in [1.165, 1.54) is 22.6 Å². The number of amides is 1. The average Bonchev–Trinajstić information content (AvgIpc) is 3.13. The Kier molecular flexibility index (Phi) is 5.28. The van der Waals surface area contributed by atoms with Crippen LogP contribution >= 0.6 is 11.3 Å². The highest BCUT2D eigenvalue weighted by Gasteiger charge is 2.29. The molecule has 0 radical (unpaired) electrons. The molecule has 29 heavy (non-hydrogen) atoms. The van der Waals surface area contributed by atoms with Gasteiger partial charge in [-0.2, -0.15) is 0 Å². The molecule has 2 aromatic rings. The number of carboxylic acid groups (broad SMARTS) is 1. The zero-order valence-corrected chi connectivity index (χ0v) is 17.3. The number of hydrogen-bond donors (Lipinski definition) is 2. The third kappa shape index (κ3) is 3.78. The van der Waals surface area contributed by atoms with Crippen molar-refractivity contribution in [3.8, 4) is 0 Å². The summed E-state index contributed by atoms with van der Waals surface area (Å²) < 4.78 is 5.48. The van der Waals surface area contributed by atoms with Crippen LogP contribution in [0.2, 0.25) is 0 Å². The van der Waals surface area contributed by atoms with E-state index in [1.807, 2.05) is 0 Å². The molecule has 9 heteroatoms. The van der Waals surface area contributed by atoms with E-state index >= 15 is 0 Å². The smallest absolute Gasteiger partial charge is 0.407 e. The van der Waals surface area contributed by atoms with Crippen LogP contribution in [-0.2, 0) is 17.7 Å². The van der Waals surface area contributed by atoms with Gasteiger partial charge in [-0.25, -0.2) is 14.8 Å². The maximum atomic E-state index is 11.5. The van der Waals surface area contributed by atoms with E-state index in [4.69, 9.17) is 4.74 Å². The van der Waals surface area contributed by atoms with Gasteiger partial charge in [-0.15, -0.1) is 11.3 Å². The van der Waals surface area contributed by atoms with E-state index in [-0.39, 0.29) is 0 Å². The minimum Gasteiger partial charge on any atom is -0.465 e. The molecule has 0 aromatic carbocycles. The number of fused-ring (bicyclic) bond motifs is 3. The first-order valence-corrected chi connectivity index (χ1v) is 11.3.